The molecule has 0 aliphatic carbocycles. The van der Waals surface area contributed by atoms with Crippen LogP contribution in [0.4, 0.5) is 0 Å². The van der Waals surface area contributed by atoms with Gasteiger partial charge in [-0.1, -0.05) is 30.3 Å². The Balaban J connectivity index is 2.19. The van der Waals surface area contributed by atoms with Gasteiger partial charge >= 0.3 is 0 Å². The van der Waals surface area contributed by atoms with Crippen LogP contribution in [-0.2, 0) is 20.4 Å². The molecular weight excluding hydrogens is 276 g/mol. The monoisotopic (exact) mass is 296 g/mol. The van der Waals surface area contributed by atoms with Crippen LogP contribution in [0.5, 0.6) is 0 Å². The van der Waals surface area contributed by atoms with E-state index in [2.05, 4.69) is 0 Å². The number of hydrogen-bond acceptors (Lipinski definition) is 3. The lowest BCUT2D eigenvalue weighted by Gasteiger charge is -2.36. The molecule has 0 radical (unpaired) electrons. The quantitative estimate of drug-likeness (QED) is 0.902. The minimum Gasteiger partial charge on any atom is -0.333 e. The summed E-state index contributed by atoms with van der Waals surface area (Å²) in [6.45, 7) is 4.37. The molecule has 110 valence electrons. The van der Waals surface area contributed by atoms with Gasteiger partial charge in [-0.25, -0.2) is 13.6 Å². The Labute approximate surface area is 119 Å². The molecule has 1 aromatic carbocycles. The van der Waals surface area contributed by atoms with Crippen LogP contribution in [0, 0.1) is 5.92 Å². The van der Waals surface area contributed by atoms with Gasteiger partial charge in [-0.3, -0.25) is 4.79 Å². The molecule has 6 heteroatoms. The lowest BCUT2D eigenvalue weighted by atomic mass is 9.92. The molecule has 0 bridgehead atoms. The average molecular weight is 296 g/mol. The van der Waals surface area contributed by atoms with Gasteiger partial charge in [0.2, 0.25) is 15.9 Å². The van der Waals surface area contributed by atoms with Crippen molar-refractivity contribution in [3.8, 4) is 0 Å². The molecular formula is C14H20N2O3S. The lowest BCUT2D eigenvalue weighted by Crippen LogP contribution is -2.42. The molecule has 2 N–H and O–H groups in total. The fourth-order valence-corrected chi connectivity index (χ4v) is 3.64. The molecule has 1 heterocycles. The van der Waals surface area contributed by atoms with Crippen LogP contribution in [0.2, 0.25) is 0 Å². The minimum atomic E-state index is -3.54. The van der Waals surface area contributed by atoms with Gasteiger partial charge in [-0.05, 0) is 19.4 Å². The molecule has 0 saturated carbocycles. The summed E-state index contributed by atoms with van der Waals surface area (Å²) >= 11 is 0. The first-order valence-electron chi connectivity index (χ1n) is 6.56. The molecule has 5 nitrogen and oxygen atoms in total. The highest BCUT2D eigenvalue weighted by molar-refractivity contribution is 7.89. The number of likely N-dealkylation sites (tertiary alicyclic amines) is 1. The Hall–Kier alpha value is -1.40. The topological polar surface area (TPSA) is 80.5 Å². The second-order valence-corrected chi connectivity index (χ2v) is 7.49. The molecule has 1 saturated heterocycles. The van der Waals surface area contributed by atoms with Crippen LogP contribution in [0.1, 0.15) is 25.8 Å². The third-order valence-electron chi connectivity index (χ3n) is 3.83. The number of amides is 1. The average Bonchev–Trinajstić information content (AvgIpc) is 2.69. The molecule has 1 fully saturated rings. The van der Waals surface area contributed by atoms with Crippen LogP contribution in [0.3, 0.4) is 0 Å². The van der Waals surface area contributed by atoms with E-state index in [0.717, 1.165) is 5.56 Å². The summed E-state index contributed by atoms with van der Waals surface area (Å²) in [6, 6.07) is 9.73. The van der Waals surface area contributed by atoms with E-state index in [-0.39, 0.29) is 24.0 Å². The molecule has 1 amide bonds. The zero-order valence-electron chi connectivity index (χ0n) is 11.7. The standard InChI is InChI=1S/C14H20N2O3S/c1-14(2,12-6-4-3-5-7-12)16-9-11(8-13(16)17)10-20(15,18)19/h3-7,11H,8-10H2,1-2H3,(H2,15,18,19). The van der Waals surface area contributed by atoms with Crippen LogP contribution < -0.4 is 5.14 Å². The summed E-state index contributed by atoms with van der Waals surface area (Å²) in [6.07, 6.45) is 0.243. The predicted octanol–water partition coefficient (Wildman–Crippen LogP) is 1.06. The fourth-order valence-electron chi connectivity index (χ4n) is 2.76. The number of primary sulfonamides is 1. The van der Waals surface area contributed by atoms with E-state index in [9.17, 15) is 13.2 Å². The molecule has 20 heavy (non-hydrogen) atoms. The highest BCUT2D eigenvalue weighted by Gasteiger charge is 2.40. The molecule has 1 aliphatic heterocycles. The number of carbonyl (C=O) groups is 1. The van der Waals surface area contributed by atoms with E-state index in [0.29, 0.717) is 6.54 Å². The van der Waals surface area contributed by atoms with Gasteiger partial charge in [0.1, 0.15) is 0 Å². The Morgan fingerprint density at radius 3 is 2.45 bits per heavy atom. The second-order valence-electron chi connectivity index (χ2n) is 5.83. The van der Waals surface area contributed by atoms with Crippen LogP contribution in [0.15, 0.2) is 30.3 Å². The summed E-state index contributed by atoms with van der Waals surface area (Å²) in [5, 5.41) is 5.07. The number of sulfonamides is 1. The summed E-state index contributed by atoms with van der Waals surface area (Å²) in [5.74, 6) is -0.381. The minimum absolute atomic E-state index is 0.0208. The molecule has 1 unspecified atom stereocenters. The number of rotatable bonds is 4. The van der Waals surface area contributed by atoms with Crippen molar-refractivity contribution in [1.29, 1.82) is 0 Å². The Bertz CT molecular complexity index is 596. The first-order chi connectivity index (χ1) is 9.20. The molecule has 1 aromatic rings. The zero-order chi connectivity index (χ0) is 15.0. The molecule has 1 aliphatic rings. The van der Waals surface area contributed by atoms with Crippen molar-refractivity contribution in [3.63, 3.8) is 0 Å². The summed E-state index contributed by atoms with van der Waals surface area (Å²) in [5.41, 5.74) is 0.579. The van der Waals surface area contributed by atoms with Crippen molar-refractivity contribution in [2.75, 3.05) is 12.3 Å². The SMILES string of the molecule is CC(C)(c1ccccc1)N1CC(CS(N)(=O)=O)CC1=O. The largest absolute Gasteiger partial charge is 0.333 e. The Morgan fingerprint density at radius 2 is 1.90 bits per heavy atom. The van der Waals surface area contributed by atoms with E-state index in [1.54, 1.807) is 4.90 Å². The van der Waals surface area contributed by atoms with Crippen LogP contribution in [-0.4, -0.2) is 31.5 Å². The van der Waals surface area contributed by atoms with Gasteiger partial charge in [-0.15, -0.1) is 0 Å². The molecule has 0 aromatic heterocycles. The van der Waals surface area contributed by atoms with Crippen molar-refractivity contribution >= 4 is 15.9 Å². The van der Waals surface area contributed by atoms with E-state index in [4.69, 9.17) is 5.14 Å². The van der Waals surface area contributed by atoms with Crippen molar-refractivity contribution in [1.82, 2.24) is 4.90 Å². The van der Waals surface area contributed by atoms with Crippen molar-refractivity contribution in [3.05, 3.63) is 35.9 Å². The maximum Gasteiger partial charge on any atom is 0.223 e. The van der Waals surface area contributed by atoms with Gasteiger partial charge in [0.15, 0.2) is 0 Å². The molecule has 2 rings (SSSR count). The van der Waals surface area contributed by atoms with E-state index < -0.39 is 15.6 Å². The first kappa shape index (κ1) is 15.0. The lowest BCUT2D eigenvalue weighted by molar-refractivity contribution is -0.132. The van der Waals surface area contributed by atoms with E-state index in [1.165, 1.54) is 0 Å². The van der Waals surface area contributed by atoms with Gasteiger partial charge in [0.05, 0.1) is 11.3 Å². The third-order valence-corrected chi connectivity index (χ3v) is 4.76. The van der Waals surface area contributed by atoms with E-state index in [1.807, 2.05) is 44.2 Å². The predicted molar refractivity (Wildman–Crippen MR) is 77.3 cm³/mol. The number of benzene rings is 1. The van der Waals surface area contributed by atoms with Gasteiger partial charge in [-0.2, -0.15) is 0 Å². The fraction of sp³-hybridized carbons (Fsp3) is 0.500. The normalized spacial score (nSPS) is 20.4. The highest BCUT2D eigenvalue weighted by Crippen LogP contribution is 2.33. The number of nitrogens with zero attached hydrogens (tertiary/aromatic N) is 1. The highest BCUT2D eigenvalue weighted by atomic mass is 32.2. The van der Waals surface area contributed by atoms with Gasteiger partial charge < -0.3 is 4.90 Å². The van der Waals surface area contributed by atoms with Crippen molar-refractivity contribution < 1.29 is 13.2 Å². The van der Waals surface area contributed by atoms with Crippen LogP contribution in [0.25, 0.3) is 0 Å². The van der Waals surface area contributed by atoms with Crippen molar-refractivity contribution in [2.24, 2.45) is 11.1 Å². The number of carbonyl (C=O) groups excluding carboxylic acids is 1. The molecule has 0 spiro atoms. The van der Waals surface area contributed by atoms with Crippen molar-refractivity contribution in [2.45, 2.75) is 25.8 Å². The third kappa shape index (κ3) is 3.19. The summed E-state index contributed by atoms with van der Waals surface area (Å²) in [7, 11) is -3.54. The summed E-state index contributed by atoms with van der Waals surface area (Å²) in [4.78, 5) is 13.9. The second kappa shape index (κ2) is 5.18. The smallest absolute Gasteiger partial charge is 0.223 e. The van der Waals surface area contributed by atoms with Gasteiger partial charge in [0, 0.05) is 18.9 Å². The molecule has 1 atom stereocenters. The Kier molecular flexibility index (Phi) is 3.88. The van der Waals surface area contributed by atoms with E-state index >= 15 is 0 Å². The summed E-state index contributed by atoms with van der Waals surface area (Å²) < 4.78 is 22.3. The maximum atomic E-state index is 12.2. The Morgan fingerprint density at radius 1 is 1.30 bits per heavy atom. The zero-order valence-corrected chi connectivity index (χ0v) is 12.6. The number of nitrogens with two attached hydrogens (primary N) is 1. The van der Waals surface area contributed by atoms with Gasteiger partial charge in [0.25, 0.3) is 0 Å². The van der Waals surface area contributed by atoms with Crippen LogP contribution >= 0.6 is 0 Å². The first-order valence-corrected chi connectivity index (χ1v) is 8.28. The maximum absolute atomic E-state index is 12.2. The number of hydrogen-bond donors (Lipinski definition) is 1.